The number of benzene rings is 1. The molecule has 1 fully saturated rings. The van der Waals surface area contributed by atoms with Crippen LogP contribution in [-0.4, -0.2) is 33.4 Å². The van der Waals surface area contributed by atoms with Crippen LogP contribution in [0, 0.1) is 0 Å². The van der Waals surface area contributed by atoms with Crippen molar-refractivity contribution in [1.29, 1.82) is 0 Å². The van der Waals surface area contributed by atoms with E-state index in [2.05, 4.69) is 5.32 Å². The Kier molecular flexibility index (Phi) is 3.72. The SMILES string of the molecule is O=C(NC1CCC(O)CC1)c1cccc(O)c1O. The Morgan fingerprint density at radius 2 is 1.83 bits per heavy atom. The van der Waals surface area contributed by atoms with Crippen LogP contribution in [0.3, 0.4) is 0 Å². The average molecular weight is 251 g/mol. The molecule has 0 saturated heterocycles. The fourth-order valence-corrected chi connectivity index (χ4v) is 2.20. The third kappa shape index (κ3) is 2.73. The van der Waals surface area contributed by atoms with Gasteiger partial charge < -0.3 is 20.6 Å². The van der Waals surface area contributed by atoms with Crippen LogP contribution in [-0.2, 0) is 0 Å². The molecular formula is C13H17NO4. The maximum Gasteiger partial charge on any atom is 0.255 e. The van der Waals surface area contributed by atoms with Crippen LogP contribution in [0.4, 0.5) is 0 Å². The van der Waals surface area contributed by atoms with E-state index in [1.807, 2.05) is 0 Å². The van der Waals surface area contributed by atoms with E-state index in [1.54, 1.807) is 0 Å². The van der Waals surface area contributed by atoms with E-state index in [-0.39, 0.29) is 23.5 Å². The van der Waals surface area contributed by atoms with E-state index in [0.717, 1.165) is 12.8 Å². The minimum Gasteiger partial charge on any atom is -0.504 e. The molecule has 0 radical (unpaired) electrons. The van der Waals surface area contributed by atoms with Crippen molar-refractivity contribution in [2.45, 2.75) is 37.8 Å². The van der Waals surface area contributed by atoms with Gasteiger partial charge in [0.15, 0.2) is 11.5 Å². The molecule has 1 aromatic rings. The average Bonchev–Trinajstić information content (AvgIpc) is 2.35. The minimum atomic E-state index is -0.398. The maximum absolute atomic E-state index is 11.9. The van der Waals surface area contributed by atoms with Gasteiger partial charge in [0.05, 0.1) is 11.7 Å². The zero-order valence-corrected chi connectivity index (χ0v) is 9.97. The molecule has 0 spiro atoms. The number of nitrogens with one attached hydrogen (secondary N) is 1. The third-order valence-electron chi connectivity index (χ3n) is 3.29. The van der Waals surface area contributed by atoms with Gasteiger partial charge in [-0.1, -0.05) is 6.07 Å². The first-order valence-electron chi connectivity index (χ1n) is 6.08. The van der Waals surface area contributed by atoms with E-state index < -0.39 is 11.7 Å². The number of phenols is 2. The summed E-state index contributed by atoms with van der Waals surface area (Å²) < 4.78 is 0. The van der Waals surface area contributed by atoms with Gasteiger partial charge in [-0.15, -0.1) is 0 Å². The molecule has 1 saturated carbocycles. The van der Waals surface area contributed by atoms with Crippen molar-refractivity contribution in [1.82, 2.24) is 5.32 Å². The highest BCUT2D eigenvalue weighted by molar-refractivity contribution is 5.97. The Labute approximate surface area is 105 Å². The molecule has 1 aliphatic rings. The predicted octanol–water partition coefficient (Wildman–Crippen LogP) is 1.13. The molecule has 5 nitrogen and oxygen atoms in total. The van der Waals surface area contributed by atoms with Crippen LogP contribution in [0.5, 0.6) is 11.5 Å². The first-order chi connectivity index (χ1) is 8.58. The summed E-state index contributed by atoms with van der Waals surface area (Å²) in [7, 11) is 0. The van der Waals surface area contributed by atoms with Crippen LogP contribution in [0.25, 0.3) is 0 Å². The summed E-state index contributed by atoms with van der Waals surface area (Å²) >= 11 is 0. The highest BCUT2D eigenvalue weighted by Crippen LogP contribution is 2.28. The summed E-state index contributed by atoms with van der Waals surface area (Å²) in [4.78, 5) is 11.9. The van der Waals surface area contributed by atoms with Gasteiger partial charge in [0.1, 0.15) is 0 Å². The fraction of sp³-hybridized carbons (Fsp3) is 0.462. The normalized spacial score (nSPS) is 23.6. The van der Waals surface area contributed by atoms with E-state index >= 15 is 0 Å². The quantitative estimate of drug-likeness (QED) is 0.593. The standard InChI is InChI=1S/C13H17NO4/c15-9-6-4-8(5-7-9)14-13(18)10-2-1-3-11(16)12(10)17/h1-3,8-9,15-17H,4-7H2,(H,14,18). The number of hydrogen-bond acceptors (Lipinski definition) is 4. The Bertz CT molecular complexity index is 439. The molecule has 2 rings (SSSR count). The van der Waals surface area contributed by atoms with Crippen molar-refractivity contribution in [3.63, 3.8) is 0 Å². The molecule has 0 unspecified atom stereocenters. The predicted molar refractivity (Wildman–Crippen MR) is 65.5 cm³/mol. The second-order valence-electron chi connectivity index (χ2n) is 4.65. The fourth-order valence-electron chi connectivity index (χ4n) is 2.20. The second kappa shape index (κ2) is 5.27. The van der Waals surface area contributed by atoms with Crippen molar-refractivity contribution in [2.24, 2.45) is 0 Å². The van der Waals surface area contributed by atoms with E-state index in [9.17, 15) is 20.1 Å². The second-order valence-corrected chi connectivity index (χ2v) is 4.65. The number of rotatable bonds is 2. The van der Waals surface area contributed by atoms with Crippen molar-refractivity contribution >= 4 is 5.91 Å². The maximum atomic E-state index is 11.9. The lowest BCUT2D eigenvalue weighted by molar-refractivity contribution is 0.0864. The van der Waals surface area contributed by atoms with E-state index in [0.29, 0.717) is 12.8 Å². The Morgan fingerprint density at radius 1 is 1.17 bits per heavy atom. The topological polar surface area (TPSA) is 89.8 Å². The summed E-state index contributed by atoms with van der Waals surface area (Å²) in [5, 5.41) is 31.1. The lowest BCUT2D eigenvalue weighted by Crippen LogP contribution is -2.38. The van der Waals surface area contributed by atoms with Crippen LogP contribution >= 0.6 is 0 Å². The third-order valence-corrected chi connectivity index (χ3v) is 3.29. The molecule has 0 bridgehead atoms. The molecule has 1 aromatic carbocycles. The van der Waals surface area contributed by atoms with Gasteiger partial charge in [-0.3, -0.25) is 4.79 Å². The van der Waals surface area contributed by atoms with Crippen LogP contribution in [0.2, 0.25) is 0 Å². The lowest BCUT2D eigenvalue weighted by atomic mass is 9.93. The van der Waals surface area contributed by atoms with Gasteiger partial charge in [-0.2, -0.15) is 0 Å². The molecule has 1 amide bonds. The summed E-state index contributed by atoms with van der Waals surface area (Å²) in [6.07, 6.45) is 2.54. The monoisotopic (exact) mass is 251 g/mol. The van der Waals surface area contributed by atoms with Gasteiger partial charge in [0.2, 0.25) is 0 Å². The van der Waals surface area contributed by atoms with Crippen molar-refractivity contribution in [2.75, 3.05) is 0 Å². The van der Waals surface area contributed by atoms with Gasteiger partial charge in [-0.05, 0) is 37.8 Å². The molecule has 0 aromatic heterocycles. The number of hydrogen-bond donors (Lipinski definition) is 4. The number of carbonyl (C=O) groups is 1. The number of aliphatic hydroxyl groups is 1. The zero-order valence-electron chi connectivity index (χ0n) is 9.97. The van der Waals surface area contributed by atoms with Gasteiger partial charge in [0.25, 0.3) is 5.91 Å². The van der Waals surface area contributed by atoms with Crippen molar-refractivity contribution in [3.8, 4) is 11.5 Å². The lowest BCUT2D eigenvalue weighted by Gasteiger charge is -2.26. The molecule has 4 N–H and O–H groups in total. The number of amides is 1. The summed E-state index contributed by atoms with van der Waals surface area (Å²) in [5.41, 5.74) is 0.0705. The number of aliphatic hydroxyl groups excluding tert-OH is 1. The number of carbonyl (C=O) groups excluding carboxylic acids is 1. The summed E-state index contributed by atoms with van der Waals surface area (Å²) in [6.45, 7) is 0. The van der Waals surface area contributed by atoms with Crippen molar-refractivity contribution < 1.29 is 20.1 Å². The smallest absolute Gasteiger partial charge is 0.255 e. The van der Waals surface area contributed by atoms with Crippen LogP contribution in [0.15, 0.2) is 18.2 Å². The number of para-hydroxylation sites is 1. The first kappa shape index (κ1) is 12.7. The Morgan fingerprint density at radius 3 is 2.50 bits per heavy atom. The number of phenolic OH excluding ortho intramolecular Hbond substituents is 2. The number of aromatic hydroxyl groups is 2. The first-order valence-corrected chi connectivity index (χ1v) is 6.08. The van der Waals surface area contributed by atoms with Gasteiger partial charge in [0, 0.05) is 6.04 Å². The van der Waals surface area contributed by atoms with Crippen LogP contribution in [0.1, 0.15) is 36.0 Å². The van der Waals surface area contributed by atoms with E-state index in [1.165, 1.54) is 18.2 Å². The molecule has 0 heterocycles. The molecule has 1 aliphatic carbocycles. The summed E-state index contributed by atoms with van der Waals surface area (Å²) in [6, 6.07) is 4.31. The van der Waals surface area contributed by atoms with Gasteiger partial charge >= 0.3 is 0 Å². The molecule has 18 heavy (non-hydrogen) atoms. The molecule has 98 valence electrons. The molecule has 5 heteroatoms. The minimum absolute atomic E-state index is 0.0163. The molecular weight excluding hydrogens is 234 g/mol. The molecule has 0 atom stereocenters. The van der Waals surface area contributed by atoms with E-state index in [4.69, 9.17) is 0 Å². The van der Waals surface area contributed by atoms with Crippen molar-refractivity contribution in [3.05, 3.63) is 23.8 Å². The zero-order chi connectivity index (χ0) is 13.1. The van der Waals surface area contributed by atoms with Gasteiger partial charge in [-0.25, -0.2) is 0 Å². The molecule has 0 aliphatic heterocycles. The Hall–Kier alpha value is -1.75. The summed E-state index contributed by atoms with van der Waals surface area (Å²) in [5.74, 6) is -1.10. The largest absolute Gasteiger partial charge is 0.504 e. The highest BCUT2D eigenvalue weighted by Gasteiger charge is 2.22. The van der Waals surface area contributed by atoms with Crippen LogP contribution < -0.4 is 5.32 Å². The Balaban J connectivity index is 2.01. The highest BCUT2D eigenvalue weighted by atomic mass is 16.3.